The van der Waals surface area contributed by atoms with Crippen LogP contribution < -0.4 is 10.5 Å². The van der Waals surface area contributed by atoms with E-state index in [4.69, 9.17) is 22.1 Å². The molecule has 0 unspecified atom stereocenters. The number of methoxy groups -OCH3 is 1. The third-order valence-corrected chi connectivity index (χ3v) is 4.09. The highest BCUT2D eigenvalue weighted by Gasteiger charge is 2.11. The fourth-order valence-corrected chi connectivity index (χ4v) is 3.17. The Morgan fingerprint density at radius 2 is 2.05 bits per heavy atom. The summed E-state index contributed by atoms with van der Waals surface area (Å²) in [6.07, 6.45) is 0. The van der Waals surface area contributed by atoms with Crippen LogP contribution in [0.25, 0.3) is 20.8 Å². The van der Waals surface area contributed by atoms with Crippen LogP contribution in [0.15, 0.2) is 36.4 Å². The van der Waals surface area contributed by atoms with E-state index in [1.54, 1.807) is 24.5 Å². The summed E-state index contributed by atoms with van der Waals surface area (Å²) in [7, 11) is 1.63. The maximum atomic E-state index is 5.99. The number of benzene rings is 2. The molecule has 2 aromatic carbocycles. The van der Waals surface area contributed by atoms with Crippen molar-refractivity contribution in [3.05, 3.63) is 41.4 Å². The van der Waals surface area contributed by atoms with Gasteiger partial charge in [-0.05, 0) is 30.3 Å². The van der Waals surface area contributed by atoms with Crippen molar-refractivity contribution < 1.29 is 4.74 Å². The number of nitrogens with zero attached hydrogens (tertiary/aromatic N) is 1. The summed E-state index contributed by atoms with van der Waals surface area (Å²) in [6.45, 7) is 0. The molecule has 0 bridgehead atoms. The van der Waals surface area contributed by atoms with Crippen molar-refractivity contribution in [2.75, 3.05) is 12.8 Å². The van der Waals surface area contributed by atoms with Crippen molar-refractivity contribution >= 4 is 38.8 Å². The number of thiazole rings is 1. The number of aromatic nitrogens is 1. The smallest absolute Gasteiger partial charge is 0.131 e. The van der Waals surface area contributed by atoms with E-state index in [9.17, 15) is 0 Å². The van der Waals surface area contributed by atoms with Gasteiger partial charge >= 0.3 is 0 Å². The third-order valence-electron chi connectivity index (χ3n) is 2.81. The van der Waals surface area contributed by atoms with E-state index in [0.29, 0.717) is 10.7 Å². The molecule has 3 rings (SSSR count). The lowest BCUT2D eigenvalue weighted by Gasteiger charge is -2.06. The van der Waals surface area contributed by atoms with Crippen LogP contribution in [0.4, 0.5) is 5.69 Å². The van der Waals surface area contributed by atoms with Gasteiger partial charge in [-0.25, -0.2) is 4.98 Å². The molecule has 19 heavy (non-hydrogen) atoms. The van der Waals surface area contributed by atoms with E-state index in [1.807, 2.05) is 30.3 Å². The molecule has 96 valence electrons. The van der Waals surface area contributed by atoms with Gasteiger partial charge in [0.15, 0.2) is 0 Å². The lowest BCUT2D eigenvalue weighted by molar-refractivity contribution is 0.416. The van der Waals surface area contributed by atoms with Crippen LogP contribution in [-0.2, 0) is 0 Å². The molecule has 0 saturated carbocycles. The fraction of sp³-hybridized carbons (Fsp3) is 0.0714. The molecule has 2 N–H and O–H groups in total. The molecule has 0 amide bonds. The van der Waals surface area contributed by atoms with Crippen LogP contribution in [0.2, 0.25) is 5.02 Å². The first-order chi connectivity index (χ1) is 9.17. The van der Waals surface area contributed by atoms with E-state index in [2.05, 4.69) is 4.98 Å². The molecule has 1 aromatic heterocycles. The number of nitrogens with two attached hydrogens (primary N) is 1. The Morgan fingerprint density at radius 3 is 2.84 bits per heavy atom. The summed E-state index contributed by atoms with van der Waals surface area (Å²) in [5.74, 6) is 0.727. The molecule has 0 spiro atoms. The monoisotopic (exact) mass is 290 g/mol. The van der Waals surface area contributed by atoms with E-state index in [-0.39, 0.29) is 0 Å². The van der Waals surface area contributed by atoms with E-state index < -0.39 is 0 Å². The summed E-state index contributed by atoms with van der Waals surface area (Å²) in [6, 6.07) is 11.2. The van der Waals surface area contributed by atoms with Crippen molar-refractivity contribution in [2.45, 2.75) is 0 Å². The second-order valence-corrected chi connectivity index (χ2v) is 5.56. The minimum Gasteiger partial charge on any atom is -0.496 e. The minimum atomic E-state index is 0.671. The van der Waals surface area contributed by atoms with Crippen molar-refractivity contribution in [2.24, 2.45) is 0 Å². The van der Waals surface area contributed by atoms with Gasteiger partial charge < -0.3 is 10.5 Å². The zero-order chi connectivity index (χ0) is 13.4. The van der Waals surface area contributed by atoms with Crippen molar-refractivity contribution in [3.8, 4) is 16.3 Å². The van der Waals surface area contributed by atoms with Crippen LogP contribution in [0, 0.1) is 0 Å². The molecular formula is C14H11ClN2OS. The minimum absolute atomic E-state index is 0.671. The molecule has 5 heteroatoms. The Hall–Kier alpha value is -1.78. The third kappa shape index (κ3) is 2.25. The van der Waals surface area contributed by atoms with Crippen molar-refractivity contribution in [3.63, 3.8) is 0 Å². The zero-order valence-electron chi connectivity index (χ0n) is 10.2. The van der Waals surface area contributed by atoms with E-state index >= 15 is 0 Å². The quantitative estimate of drug-likeness (QED) is 0.719. The average Bonchev–Trinajstić information content (AvgIpc) is 2.81. The highest BCUT2D eigenvalue weighted by molar-refractivity contribution is 7.21. The van der Waals surface area contributed by atoms with Crippen LogP contribution in [0.5, 0.6) is 5.75 Å². The second kappa shape index (κ2) is 4.72. The van der Waals surface area contributed by atoms with Gasteiger partial charge in [0, 0.05) is 16.8 Å². The number of hydrogen-bond donors (Lipinski definition) is 1. The fourth-order valence-electron chi connectivity index (χ4n) is 1.90. The Kier molecular flexibility index (Phi) is 3.05. The summed E-state index contributed by atoms with van der Waals surface area (Å²) < 4.78 is 6.42. The van der Waals surface area contributed by atoms with Crippen LogP contribution in [0.3, 0.4) is 0 Å². The van der Waals surface area contributed by atoms with Gasteiger partial charge in [0.25, 0.3) is 0 Å². The Morgan fingerprint density at radius 1 is 1.21 bits per heavy atom. The predicted molar refractivity (Wildman–Crippen MR) is 81.0 cm³/mol. The zero-order valence-corrected chi connectivity index (χ0v) is 11.8. The number of hydrogen-bond acceptors (Lipinski definition) is 4. The number of rotatable bonds is 2. The number of nitrogen functional groups attached to an aromatic ring is 1. The first-order valence-electron chi connectivity index (χ1n) is 5.67. The molecule has 0 fully saturated rings. The number of anilines is 1. The van der Waals surface area contributed by atoms with Crippen LogP contribution >= 0.6 is 22.9 Å². The van der Waals surface area contributed by atoms with Gasteiger partial charge in [0.05, 0.1) is 22.9 Å². The highest BCUT2D eigenvalue weighted by atomic mass is 35.5. The Bertz CT molecular complexity index is 754. The molecule has 0 aliphatic rings. The maximum Gasteiger partial charge on any atom is 0.131 e. The number of fused-ring (bicyclic) bond motifs is 1. The summed E-state index contributed by atoms with van der Waals surface area (Å²) in [4.78, 5) is 4.60. The lowest BCUT2D eigenvalue weighted by Crippen LogP contribution is -1.90. The van der Waals surface area contributed by atoms with Gasteiger partial charge in [-0.2, -0.15) is 0 Å². The van der Waals surface area contributed by atoms with Gasteiger partial charge in [0.1, 0.15) is 10.8 Å². The predicted octanol–water partition coefficient (Wildman–Crippen LogP) is 4.21. The van der Waals surface area contributed by atoms with E-state index in [1.165, 1.54) is 0 Å². The molecule has 0 atom stereocenters. The first-order valence-corrected chi connectivity index (χ1v) is 6.87. The van der Waals surface area contributed by atoms with Crippen molar-refractivity contribution in [1.29, 1.82) is 0 Å². The lowest BCUT2D eigenvalue weighted by atomic mass is 10.2. The Balaban J connectivity index is 2.18. The van der Waals surface area contributed by atoms with Gasteiger partial charge in [-0.3, -0.25) is 0 Å². The average molecular weight is 291 g/mol. The molecule has 1 heterocycles. The molecule has 3 nitrogen and oxygen atoms in total. The highest BCUT2D eigenvalue weighted by Crippen LogP contribution is 2.37. The van der Waals surface area contributed by atoms with Gasteiger partial charge in [-0.15, -0.1) is 11.3 Å². The topological polar surface area (TPSA) is 48.1 Å². The SMILES string of the molecule is COc1cc(N)ccc1-c1nc2ccc(Cl)cc2s1. The van der Waals surface area contributed by atoms with Crippen molar-refractivity contribution in [1.82, 2.24) is 4.98 Å². The standard InChI is InChI=1S/C14H11ClN2OS/c1-18-12-7-9(16)3-4-10(12)14-17-11-5-2-8(15)6-13(11)19-14/h2-7H,16H2,1H3. The second-order valence-electron chi connectivity index (χ2n) is 4.09. The van der Waals surface area contributed by atoms with E-state index in [0.717, 1.165) is 26.5 Å². The normalized spacial score (nSPS) is 10.8. The van der Waals surface area contributed by atoms with Gasteiger partial charge in [-0.1, -0.05) is 11.6 Å². The maximum absolute atomic E-state index is 5.99. The largest absolute Gasteiger partial charge is 0.496 e. The molecule has 3 aromatic rings. The number of ether oxygens (including phenoxy) is 1. The molecular weight excluding hydrogens is 280 g/mol. The first kappa shape index (κ1) is 12.3. The van der Waals surface area contributed by atoms with Crippen LogP contribution in [0.1, 0.15) is 0 Å². The number of halogens is 1. The molecule has 0 radical (unpaired) electrons. The molecule has 0 saturated heterocycles. The molecule has 0 aliphatic heterocycles. The summed E-state index contributed by atoms with van der Waals surface area (Å²) in [5, 5.41) is 1.61. The molecule has 0 aliphatic carbocycles. The van der Waals surface area contributed by atoms with Gasteiger partial charge in [0.2, 0.25) is 0 Å². The summed E-state index contributed by atoms with van der Waals surface area (Å²) in [5.41, 5.74) is 8.31. The summed E-state index contributed by atoms with van der Waals surface area (Å²) >= 11 is 7.57. The van der Waals surface area contributed by atoms with Crippen LogP contribution in [-0.4, -0.2) is 12.1 Å². The Labute approximate surface area is 119 Å².